The number of aromatic nitrogens is 2. The lowest BCUT2D eigenvalue weighted by Crippen LogP contribution is -2.24. The number of halogens is 1. The van der Waals surface area contributed by atoms with E-state index in [4.69, 9.17) is 9.52 Å². The van der Waals surface area contributed by atoms with Crippen LogP contribution in [0.4, 0.5) is 0 Å². The van der Waals surface area contributed by atoms with Crippen LogP contribution in [0, 0.1) is 3.57 Å². The first-order chi connectivity index (χ1) is 9.39. The average Bonchev–Trinajstić information content (AvgIpc) is 2.94. The fourth-order valence-electron chi connectivity index (χ4n) is 1.77. The standard InChI is InChI=1S/C11H7IN2O5S/c12-7-2-1-3-8-6(7)4-10(19-8)20(17,18)14-5-9(15)13-11(14)16/h1-5,15H,(H,13,16). The van der Waals surface area contributed by atoms with Crippen molar-refractivity contribution in [1.82, 2.24) is 8.96 Å². The van der Waals surface area contributed by atoms with E-state index in [0.29, 0.717) is 14.9 Å². The van der Waals surface area contributed by atoms with Gasteiger partial charge in [-0.15, -0.1) is 0 Å². The van der Waals surface area contributed by atoms with E-state index in [0.717, 1.165) is 9.77 Å². The quantitative estimate of drug-likeness (QED) is 0.628. The molecule has 0 unspecified atom stereocenters. The number of nitrogens with zero attached hydrogens (tertiary/aromatic N) is 1. The van der Waals surface area contributed by atoms with Crippen LogP contribution in [0.2, 0.25) is 0 Å². The number of fused-ring (bicyclic) bond motifs is 1. The number of furan rings is 1. The molecule has 2 aromatic heterocycles. The van der Waals surface area contributed by atoms with Crippen molar-refractivity contribution in [3.8, 4) is 5.88 Å². The number of benzene rings is 1. The van der Waals surface area contributed by atoms with Gasteiger partial charge in [-0.3, -0.25) is 4.98 Å². The zero-order valence-corrected chi connectivity index (χ0v) is 12.7. The third-order valence-electron chi connectivity index (χ3n) is 2.67. The van der Waals surface area contributed by atoms with Gasteiger partial charge in [0.25, 0.3) is 0 Å². The van der Waals surface area contributed by atoms with Crippen LogP contribution in [-0.4, -0.2) is 22.5 Å². The van der Waals surface area contributed by atoms with E-state index in [-0.39, 0.29) is 5.09 Å². The maximum absolute atomic E-state index is 12.3. The van der Waals surface area contributed by atoms with Gasteiger partial charge in [-0.05, 0) is 34.7 Å². The van der Waals surface area contributed by atoms with Crippen molar-refractivity contribution >= 4 is 43.6 Å². The maximum Gasteiger partial charge on any atom is 0.342 e. The zero-order chi connectivity index (χ0) is 14.5. The van der Waals surface area contributed by atoms with Crippen molar-refractivity contribution in [3.63, 3.8) is 0 Å². The Morgan fingerprint density at radius 2 is 2.10 bits per heavy atom. The van der Waals surface area contributed by atoms with E-state index in [9.17, 15) is 13.2 Å². The number of hydrogen-bond donors (Lipinski definition) is 2. The Balaban J connectivity index is 2.27. The van der Waals surface area contributed by atoms with Crippen molar-refractivity contribution in [2.24, 2.45) is 0 Å². The van der Waals surface area contributed by atoms with Gasteiger partial charge in [0, 0.05) is 15.0 Å². The van der Waals surface area contributed by atoms with E-state index >= 15 is 0 Å². The number of imidazole rings is 1. The third kappa shape index (κ3) is 1.93. The topological polar surface area (TPSA) is 105 Å². The summed E-state index contributed by atoms with van der Waals surface area (Å²) in [6.45, 7) is 0. The summed E-state index contributed by atoms with van der Waals surface area (Å²) in [5, 5.41) is 9.43. The Morgan fingerprint density at radius 3 is 2.70 bits per heavy atom. The molecule has 104 valence electrons. The molecule has 7 nitrogen and oxygen atoms in total. The number of rotatable bonds is 2. The largest absolute Gasteiger partial charge is 0.493 e. The molecule has 0 aliphatic rings. The maximum atomic E-state index is 12.3. The monoisotopic (exact) mass is 406 g/mol. The molecule has 2 heterocycles. The predicted octanol–water partition coefficient (Wildman–Crippen LogP) is 1.47. The first kappa shape index (κ1) is 13.2. The van der Waals surface area contributed by atoms with Crippen molar-refractivity contribution in [2.75, 3.05) is 0 Å². The molecule has 0 atom stereocenters. The average molecular weight is 406 g/mol. The molecule has 3 rings (SSSR count). The van der Waals surface area contributed by atoms with Crippen LogP contribution in [0.5, 0.6) is 5.88 Å². The normalized spacial score (nSPS) is 12.1. The molecule has 0 spiro atoms. The first-order valence-corrected chi connectivity index (χ1v) is 7.86. The molecular weight excluding hydrogens is 399 g/mol. The van der Waals surface area contributed by atoms with Gasteiger partial charge in [0.15, 0.2) is 0 Å². The van der Waals surface area contributed by atoms with Gasteiger partial charge in [0.05, 0.1) is 6.20 Å². The number of hydrogen-bond acceptors (Lipinski definition) is 5. The lowest BCUT2D eigenvalue weighted by atomic mass is 10.3. The molecule has 20 heavy (non-hydrogen) atoms. The van der Waals surface area contributed by atoms with E-state index in [1.165, 1.54) is 6.07 Å². The van der Waals surface area contributed by atoms with Crippen LogP contribution in [0.25, 0.3) is 11.0 Å². The minimum atomic E-state index is -4.18. The van der Waals surface area contributed by atoms with Crippen molar-refractivity contribution < 1.29 is 17.9 Å². The second-order valence-corrected chi connectivity index (χ2v) is 6.87. The van der Waals surface area contributed by atoms with Crippen LogP contribution in [0.15, 0.2) is 44.8 Å². The van der Waals surface area contributed by atoms with Crippen LogP contribution >= 0.6 is 22.6 Å². The molecule has 0 bridgehead atoms. The van der Waals surface area contributed by atoms with Crippen molar-refractivity contribution in [3.05, 3.63) is 44.5 Å². The van der Waals surface area contributed by atoms with Crippen molar-refractivity contribution in [2.45, 2.75) is 5.09 Å². The summed E-state index contributed by atoms with van der Waals surface area (Å²) in [5.41, 5.74) is -0.555. The summed E-state index contributed by atoms with van der Waals surface area (Å²) in [4.78, 5) is 13.4. The summed E-state index contributed by atoms with van der Waals surface area (Å²) in [5.74, 6) is -0.538. The Hall–Kier alpha value is -1.75. The van der Waals surface area contributed by atoms with Crippen LogP contribution in [0.3, 0.4) is 0 Å². The number of aromatic amines is 1. The van der Waals surface area contributed by atoms with Gasteiger partial charge < -0.3 is 9.52 Å². The Labute approximate surface area is 126 Å². The van der Waals surface area contributed by atoms with Gasteiger partial charge in [-0.25, -0.2) is 4.79 Å². The molecular formula is C11H7IN2O5S. The lowest BCUT2D eigenvalue weighted by Gasteiger charge is -1.98. The summed E-state index contributed by atoms with van der Waals surface area (Å²) in [6, 6.07) is 6.53. The Morgan fingerprint density at radius 1 is 1.35 bits per heavy atom. The fraction of sp³-hybridized carbons (Fsp3) is 0. The molecule has 0 aliphatic carbocycles. The van der Waals surface area contributed by atoms with Gasteiger partial charge in [0.1, 0.15) is 5.58 Å². The van der Waals surface area contributed by atoms with Gasteiger partial charge >= 0.3 is 15.7 Å². The third-order valence-corrected chi connectivity index (χ3v) is 5.11. The molecule has 3 aromatic rings. The molecule has 0 saturated carbocycles. The fourth-order valence-corrected chi connectivity index (χ4v) is 3.56. The number of aromatic hydroxyl groups is 1. The highest BCUT2D eigenvalue weighted by Crippen LogP contribution is 2.27. The number of H-pyrrole nitrogens is 1. The highest BCUT2D eigenvalue weighted by molar-refractivity contribution is 14.1. The first-order valence-electron chi connectivity index (χ1n) is 5.34. The highest BCUT2D eigenvalue weighted by Gasteiger charge is 2.25. The van der Waals surface area contributed by atoms with Crippen LogP contribution < -0.4 is 5.69 Å². The highest BCUT2D eigenvalue weighted by atomic mass is 127. The Kier molecular flexibility index (Phi) is 2.90. The van der Waals surface area contributed by atoms with E-state index in [1.54, 1.807) is 12.1 Å². The smallest absolute Gasteiger partial charge is 0.342 e. The lowest BCUT2D eigenvalue weighted by molar-refractivity contribution is 0.455. The number of nitrogens with one attached hydrogen (secondary N) is 1. The zero-order valence-electron chi connectivity index (χ0n) is 9.70. The van der Waals surface area contributed by atoms with Gasteiger partial charge in [-0.1, -0.05) is 6.07 Å². The Bertz CT molecular complexity index is 966. The van der Waals surface area contributed by atoms with Gasteiger partial charge in [-0.2, -0.15) is 12.4 Å². The van der Waals surface area contributed by atoms with Crippen molar-refractivity contribution in [1.29, 1.82) is 0 Å². The van der Waals surface area contributed by atoms with E-state index in [1.807, 2.05) is 11.1 Å². The molecule has 1 aromatic carbocycles. The summed E-state index contributed by atoms with van der Waals surface area (Å²) in [6.07, 6.45) is 0.788. The molecule has 0 aliphatic heterocycles. The van der Waals surface area contributed by atoms with Crippen LogP contribution in [0.1, 0.15) is 0 Å². The second-order valence-electron chi connectivity index (χ2n) is 3.96. The van der Waals surface area contributed by atoms with E-state index in [2.05, 4.69) is 22.6 Å². The molecule has 0 saturated heterocycles. The predicted molar refractivity (Wildman–Crippen MR) is 78.2 cm³/mol. The minimum Gasteiger partial charge on any atom is -0.493 e. The summed E-state index contributed by atoms with van der Waals surface area (Å²) >= 11 is 2.06. The minimum absolute atomic E-state index is 0.363. The summed E-state index contributed by atoms with van der Waals surface area (Å²) in [7, 11) is -4.18. The molecule has 9 heteroatoms. The van der Waals surface area contributed by atoms with Gasteiger partial charge in [0.2, 0.25) is 11.0 Å². The van der Waals surface area contributed by atoms with E-state index < -0.39 is 21.6 Å². The molecule has 2 N–H and O–H groups in total. The molecule has 0 fully saturated rings. The molecule has 0 radical (unpaired) electrons. The SMILES string of the molecule is O=c1[nH]c(O)cn1S(=O)(=O)c1cc2c(I)cccc2o1. The second kappa shape index (κ2) is 4.38. The summed E-state index contributed by atoms with van der Waals surface area (Å²) < 4.78 is 31.1. The molecule has 0 amide bonds. The van der Waals surface area contributed by atoms with Crippen LogP contribution in [-0.2, 0) is 10.0 Å².